The summed E-state index contributed by atoms with van der Waals surface area (Å²) in [5.74, 6) is -0.935. The lowest BCUT2D eigenvalue weighted by Crippen LogP contribution is -2.23. The number of aryl methyl sites for hydroxylation is 1. The number of ether oxygens (including phenoxy) is 1. The molecular weight excluding hydrogens is 564 g/mol. The Kier molecular flexibility index (Phi) is 8.54. The lowest BCUT2D eigenvalue weighted by molar-refractivity contribution is 0.0601. The average Bonchev–Trinajstić information content (AvgIpc) is 3.43. The van der Waals surface area contributed by atoms with Crippen LogP contribution in [0.15, 0.2) is 73.2 Å². The predicted octanol–water partition coefficient (Wildman–Crippen LogP) is 6.13. The number of nitrogens with two attached hydrogens (primary N) is 1. The summed E-state index contributed by atoms with van der Waals surface area (Å²) in [5.41, 5.74) is 12.6. The summed E-state index contributed by atoms with van der Waals surface area (Å²) in [7, 11) is 1.32. The number of amidine groups is 1. The molecule has 1 unspecified atom stereocenters. The molecule has 1 atom stereocenters. The summed E-state index contributed by atoms with van der Waals surface area (Å²) in [6.45, 7) is 4.15. The van der Waals surface area contributed by atoms with Gasteiger partial charge in [0.15, 0.2) is 0 Å². The Balaban J connectivity index is 1.62. The highest BCUT2D eigenvalue weighted by molar-refractivity contribution is 6.31. The van der Waals surface area contributed by atoms with Crippen LogP contribution >= 0.6 is 11.6 Å². The molecule has 43 heavy (non-hydrogen) atoms. The van der Waals surface area contributed by atoms with E-state index in [1.807, 2.05) is 37.4 Å². The quantitative estimate of drug-likeness (QED) is 0.0917. The number of carbonyl (C=O) groups is 2. The fourth-order valence-electron chi connectivity index (χ4n) is 5.26. The standard InChI is InChI=1S/C33H31ClN6O3/c1-4-23(29-17-39-30-12-19(31(35)36)5-9-26(29)30)24-8-6-20(32(41)40-16-22-15-37-18(2)14-38-22)11-27(24)25-10-7-21(34)13-28(25)33(42)43-3/h5-15,17,23,39H,4,16H2,1-3H3,(H3,35,36)(H,40,41). The summed E-state index contributed by atoms with van der Waals surface area (Å²) in [6.07, 6.45) is 5.97. The van der Waals surface area contributed by atoms with Crippen molar-refractivity contribution in [3.05, 3.63) is 117 Å². The minimum atomic E-state index is -0.534. The Hall–Kier alpha value is -5.02. The highest BCUT2D eigenvalue weighted by Gasteiger charge is 2.24. The molecule has 9 nitrogen and oxygen atoms in total. The first-order chi connectivity index (χ1) is 20.7. The van der Waals surface area contributed by atoms with Crippen LogP contribution < -0.4 is 11.1 Å². The number of fused-ring (bicyclic) bond motifs is 1. The van der Waals surface area contributed by atoms with Gasteiger partial charge in [0.25, 0.3) is 5.91 Å². The van der Waals surface area contributed by atoms with Crippen molar-refractivity contribution in [3.8, 4) is 11.1 Å². The van der Waals surface area contributed by atoms with Gasteiger partial charge >= 0.3 is 5.97 Å². The summed E-state index contributed by atoms with van der Waals surface area (Å²) < 4.78 is 5.09. The summed E-state index contributed by atoms with van der Waals surface area (Å²) >= 11 is 6.30. The van der Waals surface area contributed by atoms with Gasteiger partial charge in [-0.15, -0.1) is 0 Å². The lowest BCUT2D eigenvalue weighted by Gasteiger charge is -2.22. The molecule has 218 valence electrons. The van der Waals surface area contributed by atoms with Gasteiger partial charge in [0.2, 0.25) is 0 Å². The lowest BCUT2D eigenvalue weighted by atomic mass is 9.82. The van der Waals surface area contributed by atoms with Crippen molar-refractivity contribution in [1.29, 1.82) is 5.41 Å². The number of amides is 1. The van der Waals surface area contributed by atoms with Crippen LogP contribution in [0.2, 0.25) is 5.02 Å². The molecule has 3 aromatic carbocycles. The Morgan fingerprint density at radius 2 is 1.81 bits per heavy atom. The van der Waals surface area contributed by atoms with Gasteiger partial charge in [0, 0.05) is 45.4 Å². The van der Waals surface area contributed by atoms with E-state index in [-0.39, 0.29) is 24.2 Å². The first-order valence-electron chi connectivity index (χ1n) is 13.7. The molecule has 0 bridgehead atoms. The third-order valence-corrected chi connectivity index (χ3v) is 7.68. The molecule has 2 aromatic heterocycles. The van der Waals surface area contributed by atoms with Crippen molar-refractivity contribution in [2.75, 3.05) is 7.11 Å². The van der Waals surface area contributed by atoms with Crippen LogP contribution in [0.5, 0.6) is 0 Å². The van der Waals surface area contributed by atoms with Crippen LogP contribution in [0.1, 0.15) is 68.1 Å². The van der Waals surface area contributed by atoms with Crippen LogP contribution in [-0.4, -0.2) is 39.8 Å². The number of nitrogens with one attached hydrogen (secondary N) is 3. The van der Waals surface area contributed by atoms with Gasteiger partial charge in [0.05, 0.1) is 36.8 Å². The molecule has 0 aliphatic carbocycles. The van der Waals surface area contributed by atoms with E-state index in [0.717, 1.165) is 34.1 Å². The molecule has 0 radical (unpaired) electrons. The molecule has 0 aliphatic heterocycles. The molecule has 0 spiro atoms. The summed E-state index contributed by atoms with van der Waals surface area (Å²) in [5, 5.41) is 12.1. The molecule has 5 aromatic rings. The van der Waals surface area contributed by atoms with Gasteiger partial charge in [-0.3, -0.25) is 20.2 Å². The topological polar surface area (TPSA) is 147 Å². The zero-order chi connectivity index (χ0) is 30.7. The highest BCUT2D eigenvalue weighted by Crippen LogP contribution is 2.40. The molecule has 1 amide bonds. The molecule has 5 rings (SSSR count). The number of benzene rings is 3. The molecule has 0 saturated heterocycles. The van der Waals surface area contributed by atoms with Crippen molar-refractivity contribution in [3.63, 3.8) is 0 Å². The van der Waals surface area contributed by atoms with E-state index in [1.165, 1.54) is 7.11 Å². The van der Waals surface area contributed by atoms with Gasteiger partial charge in [-0.25, -0.2) is 4.79 Å². The smallest absolute Gasteiger partial charge is 0.338 e. The molecule has 0 fully saturated rings. The number of halogens is 1. The van der Waals surface area contributed by atoms with Gasteiger partial charge < -0.3 is 20.8 Å². The number of methoxy groups -OCH3 is 1. The first-order valence-corrected chi connectivity index (χ1v) is 14.1. The number of H-pyrrole nitrogens is 1. The van der Waals surface area contributed by atoms with Crippen molar-refractivity contribution < 1.29 is 14.3 Å². The van der Waals surface area contributed by atoms with Gasteiger partial charge in [0.1, 0.15) is 5.84 Å². The molecule has 0 saturated carbocycles. The Bertz CT molecular complexity index is 1850. The van der Waals surface area contributed by atoms with Crippen LogP contribution in [0, 0.1) is 12.3 Å². The number of nitrogen functional groups attached to an aromatic ring is 1. The van der Waals surface area contributed by atoms with Crippen LogP contribution in [0.3, 0.4) is 0 Å². The van der Waals surface area contributed by atoms with Gasteiger partial charge in [-0.1, -0.05) is 42.8 Å². The first kappa shape index (κ1) is 29.5. The zero-order valence-corrected chi connectivity index (χ0v) is 24.8. The number of carbonyl (C=O) groups excluding carboxylic acids is 2. The number of nitrogens with zero attached hydrogens (tertiary/aromatic N) is 2. The third-order valence-electron chi connectivity index (χ3n) is 7.44. The predicted molar refractivity (Wildman–Crippen MR) is 168 cm³/mol. The van der Waals surface area contributed by atoms with Crippen molar-refractivity contribution in [2.45, 2.75) is 32.7 Å². The third kappa shape index (κ3) is 6.12. The van der Waals surface area contributed by atoms with E-state index in [0.29, 0.717) is 38.5 Å². The maximum atomic E-state index is 13.3. The maximum absolute atomic E-state index is 13.3. The maximum Gasteiger partial charge on any atom is 0.338 e. The number of aromatic nitrogens is 3. The monoisotopic (exact) mass is 594 g/mol. The normalized spacial score (nSPS) is 11.7. The second-order valence-corrected chi connectivity index (χ2v) is 10.6. The fraction of sp³-hybridized carbons (Fsp3) is 0.182. The van der Waals surface area contributed by atoms with E-state index in [1.54, 1.807) is 42.7 Å². The molecule has 10 heteroatoms. The van der Waals surface area contributed by atoms with E-state index in [2.05, 4.69) is 27.2 Å². The average molecular weight is 595 g/mol. The van der Waals surface area contributed by atoms with Gasteiger partial charge in [-0.05, 0) is 65.9 Å². The zero-order valence-electron chi connectivity index (χ0n) is 24.0. The molecule has 0 aliphatic rings. The summed E-state index contributed by atoms with van der Waals surface area (Å²) in [6, 6.07) is 16.2. The second-order valence-electron chi connectivity index (χ2n) is 10.2. The molecular formula is C33H31ClN6O3. The SMILES string of the molecule is CCC(c1ccc(C(=O)NCc2cnc(C)cn2)cc1-c1ccc(Cl)cc1C(=O)OC)c1c[nH]c2cc(C(=N)N)ccc12. The van der Waals surface area contributed by atoms with E-state index < -0.39 is 5.97 Å². The second kappa shape index (κ2) is 12.5. The number of esters is 1. The van der Waals surface area contributed by atoms with Crippen LogP contribution in [-0.2, 0) is 11.3 Å². The minimum Gasteiger partial charge on any atom is -0.465 e. The largest absolute Gasteiger partial charge is 0.465 e. The van der Waals surface area contributed by atoms with E-state index in [9.17, 15) is 9.59 Å². The Morgan fingerprint density at radius 3 is 2.51 bits per heavy atom. The van der Waals surface area contributed by atoms with Crippen LogP contribution in [0.25, 0.3) is 22.0 Å². The fourth-order valence-corrected chi connectivity index (χ4v) is 5.43. The van der Waals surface area contributed by atoms with E-state index >= 15 is 0 Å². The molecule has 2 heterocycles. The van der Waals surface area contributed by atoms with Crippen molar-refractivity contribution >= 4 is 40.2 Å². The van der Waals surface area contributed by atoms with Crippen molar-refractivity contribution in [1.82, 2.24) is 20.3 Å². The number of hydrogen-bond acceptors (Lipinski definition) is 6. The minimum absolute atomic E-state index is 0.00579. The number of aromatic amines is 1. The van der Waals surface area contributed by atoms with Gasteiger partial charge in [-0.2, -0.15) is 0 Å². The Labute approximate surface area is 254 Å². The Morgan fingerprint density at radius 1 is 1.02 bits per heavy atom. The van der Waals surface area contributed by atoms with Crippen molar-refractivity contribution in [2.24, 2.45) is 5.73 Å². The number of rotatable bonds is 9. The van der Waals surface area contributed by atoms with E-state index in [4.69, 9.17) is 27.5 Å². The highest BCUT2D eigenvalue weighted by atomic mass is 35.5. The number of hydrogen-bond donors (Lipinski definition) is 4. The summed E-state index contributed by atoms with van der Waals surface area (Å²) in [4.78, 5) is 38.1. The van der Waals surface area contributed by atoms with Crippen LogP contribution in [0.4, 0.5) is 0 Å². The molecule has 5 N–H and O–H groups in total.